The van der Waals surface area contributed by atoms with Crippen molar-refractivity contribution in [3.8, 4) is 0 Å². The first-order valence-corrected chi connectivity index (χ1v) is 8.09. The van der Waals surface area contributed by atoms with Gasteiger partial charge in [0.05, 0.1) is 28.7 Å². The maximum atomic E-state index is 6.51. The molecular weight excluding hydrogens is 286 g/mol. The summed E-state index contributed by atoms with van der Waals surface area (Å²) in [5, 5.41) is 8.92. The van der Waals surface area contributed by atoms with Crippen LogP contribution in [0.25, 0.3) is 0 Å². The Morgan fingerprint density at radius 2 is 2.19 bits per heavy atom. The molecule has 0 fully saturated rings. The number of nitrogens with zero attached hydrogens (tertiary/aromatic N) is 2. The van der Waals surface area contributed by atoms with Crippen molar-refractivity contribution in [1.29, 1.82) is 0 Å². The molecule has 2 aromatic heterocycles. The Hall–Kier alpha value is -1.26. The number of nitrogens with one attached hydrogen (secondary N) is 1. The first-order chi connectivity index (χ1) is 10.2. The highest BCUT2D eigenvalue weighted by Gasteiger charge is 2.21. The lowest BCUT2D eigenvalue weighted by atomic mass is 10.1. The van der Waals surface area contributed by atoms with Crippen LogP contribution in [0.1, 0.15) is 50.4 Å². The zero-order chi connectivity index (χ0) is 15.2. The van der Waals surface area contributed by atoms with E-state index in [1.54, 1.807) is 6.26 Å². The van der Waals surface area contributed by atoms with Crippen LogP contribution >= 0.6 is 11.6 Å². The van der Waals surface area contributed by atoms with E-state index in [0.717, 1.165) is 54.5 Å². The van der Waals surface area contributed by atoms with Crippen LogP contribution in [-0.4, -0.2) is 16.3 Å². The van der Waals surface area contributed by atoms with Gasteiger partial charge in [0.1, 0.15) is 5.76 Å². The normalized spacial score (nSPS) is 12.8. The van der Waals surface area contributed by atoms with Crippen LogP contribution in [0.2, 0.25) is 5.02 Å². The number of aromatic nitrogens is 2. The zero-order valence-electron chi connectivity index (χ0n) is 13.0. The highest BCUT2D eigenvalue weighted by atomic mass is 35.5. The summed E-state index contributed by atoms with van der Waals surface area (Å²) in [6, 6.07) is 4.06. The van der Waals surface area contributed by atoms with Gasteiger partial charge in [0.25, 0.3) is 0 Å². The topological polar surface area (TPSA) is 43.0 Å². The Labute approximate surface area is 131 Å². The molecule has 0 amide bonds. The summed E-state index contributed by atoms with van der Waals surface area (Å²) in [7, 11) is 0. The Balaban J connectivity index is 2.25. The van der Waals surface area contributed by atoms with Crippen LogP contribution in [0, 0.1) is 0 Å². The maximum Gasteiger partial charge on any atom is 0.121 e. The summed E-state index contributed by atoms with van der Waals surface area (Å²) in [6.07, 6.45) is 4.43. The lowest BCUT2D eigenvalue weighted by Crippen LogP contribution is -2.25. The molecule has 5 heteroatoms. The monoisotopic (exact) mass is 309 g/mol. The van der Waals surface area contributed by atoms with Gasteiger partial charge in [-0.2, -0.15) is 5.10 Å². The van der Waals surface area contributed by atoms with E-state index < -0.39 is 0 Å². The second kappa shape index (κ2) is 7.66. The van der Waals surface area contributed by atoms with Crippen LogP contribution < -0.4 is 5.32 Å². The number of aryl methyl sites for hydroxylation is 2. The van der Waals surface area contributed by atoms with Gasteiger partial charge < -0.3 is 9.73 Å². The van der Waals surface area contributed by atoms with Gasteiger partial charge in [0, 0.05) is 13.0 Å². The Morgan fingerprint density at radius 3 is 2.76 bits per heavy atom. The van der Waals surface area contributed by atoms with Crippen molar-refractivity contribution in [3.63, 3.8) is 0 Å². The van der Waals surface area contributed by atoms with Crippen LogP contribution in [0.4, 0.5) is 0 Å². The molecule has 0 aromatic carbocycles. The summed E-state index contributed by atoms with van der Waals surface area (Å²) in [6.45, 7) is 8.10. The molecule has 0 saturated carbocycles. The minimum absolute atomic E-state index is 0.129. The quantitative estimate of drug-likeness (QED) is 0.801. The average Bonchev–Trinajstić information content (AvgIpc) is 3.12. The molecule has 2 heterocycles. The van der Waals surface area contributed by atoms with Gasteiger partial charge in [-0.15, -0.1) is 0 Å². The summed E-state index contributed by atoms with van der Waals surface area (Å²) in [5.74, 6) is 0.946. The number of rotatable bonds is 8. The Morgan fingerprint density at radius 1 is 1.38 bits per heavy atom. The van der Waals surface area contributed by atoms with Crippen LogP contribution in [0.3, 0.4) is 0 Å². The molecule has 1 atom stereocenters. The lowest BCUT2D eigenvalue weighted by Gasteiger charge is -2.17. The number of furan rings is 1. The molecule has 0 bridgehead atoms. The maximum absolute atomic E-state index is 6.51. The minimum atomic E-state index is 0.129. The third kappa shape index (κ3) is 3.69. The predicted molar refractivity (Wildman–Crippen MR) is 85.7 cm³/mol. The number of halogens is 1. The molecule has 0 aliphatic heterocycles. The van der Waals surface area contributed by atoms with E-state index in [0.29, 0.717) is 0 Å². The van der Waals surface area contributed by atoms with Crippen molar-refractivity contribution in [2.24, 2.45) is 0 Å². The molecule has 1 N–H and O–H groups in total. The molecule has 0 spiro atoms. The Bertz CT molecular complexity index is 548. The standard InChI is InChI=1S/C16H24ClN3O/c1-4-9-18-13(15-8-7-10-21-15)11-14-16(17)12(5-2)19-20(14)6-3/h7-8,10,13,18H,4-6,9,11H2,1-3H3. The summed E-state index contributed by atoms with van der Waals surface area (Å²) >= 11 is 6.51. The minimum Gasteiger partial charge on any atom is -0.468 e. The lowest BCUT2D eigenvalue weighted by molar-refractivity contribution is 0.403. The van der Waals surface area contributed by atoms with Gasteiger partial charge in [0.15, 0.2) is 0 Å². The highest BCUT2D eigenvalue weighted by Crippen LogP contribution is 2.27. The third-order valence-electron chi connectivity index (χ3n) is 3.62. The van der Waals surface area contributed by atoms with Crippen molar-refractivity contribution < 1.29 is 4.42 Å². The zero-order valence-corrected chi connectivity index (χ0v) is 13.8. The van der Waals surface area contributed by atoms with E-state index >= 15 is 0 Å². The van der Waals surface area contributed by atoms with E-state index in [1.165, 1.54) is 0 Å². The second-order valence-electron chi connectivity index (χ2n) is 5.10. The van der Waals surface area contributed by atoms with E-state index in [4.69, 9.17) is 16.0 Å². The van der Waals surface area contributed by atoms with Crippen molar-refractivity contribution in [1.82, 2.24) is 15.1 Å². The highest BCUT2D eigenvalue weighted by molar-refractivity contribution is 6.31. The van der Waals surface area contributed by atoms with Crippen LogP contribution in [-0.2, 0) is 19.4 Å². The number of hydrogen-bond acceptors (Lipinski definition) is 3. The fourth-order valence-corrected chi connectivity index (χ4v) is 2.83. The summed E-state index contributed by atoms with van der Waals surface area (Å²) < 4.78 is 7.58. The van der Waals surface area contributed by atoms with E-state index in [9.17, 15) is 0 Å². The van der Waals surface area contributed by atoms with Gasteiger partial charge in [0.2, 0.25) is 0 Å². The fourth-order valence-electron chi connectivity index (χ4n) is 2.49. The van der Waals surface area contributed by atoms with Crippen LogP contribution in [0.15, 0.2) is 22.8 Å². The predicted octanol–water partition coefficient (Wildman–Crippen LogP) is 4.00. The molecule has 21 heavy (non-hydrogen) atoms. The van der Waals surface area contributed by atoms with E-state index in [1.807, 2.05) is 16.8 Å². The van der Waals surface area contributed by atoms with Gasteiger partial charge in [-0.1, -0.05) is 25.4 Å². The SMILES string of the molecule is CCCNC(Cc1c(Cl)c(CC)nn1CC)c1ccco1. The van der Waals surface area contributed by atoms with E-state index in [2.05, 4.69) is 31.2 Å². The summed E-state index contributed by atoms with van der Waals surface area (Å²) in [5.41, 5.74) is 2.06. The first kappa shape index (κ1) is 16.1. The Kier molecular flexibility index (Phi) is 5.88. The second-order valence-corrected chi connectivity index (χ2v) is 5.48. The van der Waals surface area contributed by atoms with E-state index in [-0.39, 0.29) is 6.04 Å². The number of hydrogen-bond donors (Lipinski definition) is 1. The van der Waals surface area contributed by atoms with Crippen molar-refractivity contribution in [2.75, 3.05) is 6.54 Å². The molecule has 0 aliphatic carbocycles. The molecule has 0 saturated heterocycles. The molecule has 0 aliphatic rings. The van der Waals surface area contributed by atoms with Crippen molar-refractivity contribution in [3.05, 3.63) is 40.6 Å². The molecule has 2 aromatic rings. The smallest absolute Gasteiger partial charge is 0.121 e. The summed E-state index contributed by atoms with van der Waals surface area (Å²) in [4.78, 5) is 0. The van der Waals surface area contributed by atoms with Gasteiger partial charge in [-0.3, -0.25) is 4.68 Å². The van der Waals surface area contributed by atoms with Gasteiger partial charge >= 0.3 is 0 Å². The molecule has 2 rings (SSSR count). The van der Waals surface area contributed by atoms with Gasteiger partial charge in [-0.25, -0.2) is 0 Å². The molecule has 4 nitrogen and oxygen atoms in total. The first-order valence-electron chi connectivity index (χ1n) is 7.72. The van der Waals surface area contributed by atoms with Crippen molar-refractivity contribution in [2.45, 2.75) is 52.6 Å². The molecule has 116 valence electrons. The molecule has 0 radical (unpaired) electrons. The van der Waals surface area contributed by atoms with Crippen molar-refractivity contribution >= 4 is 11.6 Å². The van der Waals surface area contributed by atoms with Crippen LogP contribution in [0.5, 0.6) is 0 Å². The largest absolute Gasteiger partial charge is 0.468 e. The molecular formula is C16H24ClN3O. The molecule has 1 unspecified atom stereocenters. The van der Waals surface area contributed by atoms with Gasteiger partial charge in [-0.05, 0) is 38.4 Å². The fraction of sp³-hybridized carbons (Fsp3) is 0.562. The average molecular weight is 310 g/mol. The third-order valence-corrected chi connectivity index (χ3v) is 4.06.